The molecule has 3 unspecified atom stereocenters. The highest BCUT2D eigenvalue weighted by molar-refractivity contribution is 7.99. The Morgan fingerprint density at radius 1 is 1.28 bits per heavy atom. The summed E-state index contributed by atoms with van der Waals surface area (Å²) >= 11 is 2.19. The number of thioether (sulfide) groups is 1. The fourth-order valence-corrected chi connectivity index (χ4v) is 4.71. The standard InChI is InChI=1S/C15H30N2S/c1-3-9-17(12-14-6-4-8-16-11-14)15-7-5-10-18-13(15)2/h13-16H,3-12H2,1-2H3. The smallest absolute Gasteiger partial charge is 0.0212 e. The van der Waals surface area contributed by atoms with Crippen LogP contribution in [0.5, 0.6) is 0 Å². The van der Waals surface area contributed by atoms with Crippen molar-refractivity contribution in [3.63, 3.8) is 0 Å². The first-order valence-electron chi connectivity index (χ1n) is 7.87. The molecule has 3 atom stereocenters. The van der Waals surface area contributed by atoms with Gasteiger partial charge in [0.15, 0.2) is 0 Å². The van der Waals surface area contributed by atoms with E-state index in [-0.39, 0.29) is 0 Å². The van der Waals surface area contributed by atoms with E-state index in [1.165, 1.54) is 64.0 Å². The predicted molar refractivity (Wildman–Crippen MR) is 82.4 cm³/mol. The van der Waals surface area contributed by atoms with Gasteiger partial charge in [0.05, 0.1) is 0 Å². The van der Waals surface area contributed by atoms with E-state index in [9.17, 15) is 0 Å². The Kier molecular flexibility index (Phi) is 6.33. The minimum Gasteiger partial charge on any atom is -0.316 e. The fourth-order valence-electron chi connectivity index (χ4n) is 3.48. The molecule has 0 aromatic heterocycles. The molecule has 18 heavy (non-hydrogen) atoms. The van der Waals surface area contributed by atoms with E-state index in [4.69, 9.17) is 0 Å². The Balaban J connectivity index is 1.88. The van der Waals surface area contributed by atoms with Crippen LogP contribution >= 0.6 is 11.8 Å². The van der Waals surface area contributed by atoms with Crippen LogP contribution in [0.3, 0.4) is 0 Å². The summed E-state index contributed by atoms with van der Waals surface area (Å²) in [6.07, 6.45) is 6.95. The Bertz CT molecular complexity index is 229. The average molecular weight is 270 g/mol. The van der Waals surface area contributed by atoms with Gasteiger partial charge in [-0.2, -0.15) is 11.8 Å². The van der Waals surface area contributed by atoms with Crippen LogP contribution in [0, 0.1) is 5.92 Å². The average Bonchev–Trinajstić information content (AvgIpc) is 2.40. The third kappa shape index (κ3) is 4.14. The molecule has 2 aliphatic heterocycles. The highest BCUT2D eigenvalue weighted by atomic mass is 32.2. The first kappa shape index (κ1) is 14.7. The number of hydrogen-bond donors (Lipinski definition) is 1. The molecule has 0 bridgehead atoms. The van der Waals surface area contributed by atoms with E-state index in [1.54, 1.807) is 0 Å². The molecule has 2 rings (SSSR count). The minimum absolute atomic E-state index is 0.835. The van der Waals surface area contributed by atoms with Gasteiger partial charge in [-0.25, -0.2) is 0 Å². The second-order valence-electron chi connectivity index (χ2n) is 5.99. The summed E-state index contributed by atoms with van der Waals surface area (Å²) in [4.78, 5) is 2.81. The molecule has 106 valence electrons. The summed E-state index contributed by atoms with van der Waals surface area (Å²) < 4.78 is 0. The lowest BCUT2D eigenvalue weighted by molar-refractivity contribution is 0.143. The molecule has 2 aliphatic rings. The van der Waals surface area contributed by atoms with Gasteiger partial charge in [-0.1, -0.05) is 13.8 Å². The van der Waals surface area contributed by atoms with Gasteiger partial charge >= 0.3 is 0 Å². The molecule has 0 aliphatic carbocycles. The van der Waals surface area contributed by atoms with Crippen molar-refractivity contribution in [2.75, 3.05) is 31.9 Å². The quantitative estimate of drug-likeness (QED) is 0.827. The summed E-state index contributed by atoms with van der Waals surface area (Å²) in [6, 6.07) is 0.839. The molecule has 0 radical (unpaired) electrons. The number of piperidine rings is 1. The third-order valence-corrected chi connectivity index (χ3v) is 5.80. The highest BCUT2D eigenvalue weighted by Crippen LogP contribution is 2.30. The van der Waals surface area contributed by atoms with E-state index in [0.717, 1.165) is 17.2 Å². The van der Waals surface area contributed by atoms with E-state index in [0.29, 0.717) is 0 Å². The van der Waals surface area contributed by atoms with Gasteiger partial charge in [0.25, 0.3) is 0 Å². The SMILES string of the molecule is CCCN(CC1CCCNC1)C1CCCSC1C. The minimum atomic E-state index is 0.835. The summed E-state index contributed by atoms with van der Waals surface area (Å²) in [6.45, 7) is 9.87. The van der Waals surface area contributed by atoms with E-state index in [1.807, 2.05) is 0 Å². The second-order valence-corrected chi connectivity index (χ2v) is 7.48. The van der Waals surface area contributed by atoms with Crippen LogP contribution in [0.25, 0.3) is 0 Å². The molecule has 0 saturated carbocycles. The molecule has 0 aromatic carbocycles. The molecule has 3 heteroatoms. The second kappa shape index (κ2) is 7.76. The largest absolute Gasteiger partial charge is 0.316 e. The number of rotatable bonds is 5. The third-order valence-electron chi connectivity index (χ3n) is 4.44. The summed E-state index contributed by atoms with van der Waals surface area (Å²) in [7, 11) is 0. The number of hydrogen-bond acceptors (Lipinski definition) is 3. The zero-order valence-corrected chi connectivity index (χ0v) is 13.0. The lowest BCUT2D eigenvalue weighted by Gasteiger charge is -2.40. The molecule has 2 heterocycles. The Hall–Kier alpha value is 0.270. The highest BCUT2D eigenvalue weighted by Gasteiger charge is 2.29. The zero-order chi connectivity index (χ0) is 12.8. The molecule has 0 amide bonds. The van der Waals surface area contributed by atoms with Gasteiger partial charge in [-0.15, -0.1) is 0 Å². The van der Waals surface area contributed by atoms with Crippen molar-refractivity contribution in [1.82, 2.24) is 10.2 Å². The number of nitrogens with one attached hydrogen (secondary N) is 1. The van der Waals surface area contributed by atoms with Crippen molar-refractivity contribution in [2.45, 2.75) is 57.2 Å². The maximum Gasteiger partial charge on any atom is 0.0212 e. The first-order chi connectivity index (χ1) is 8.81. The monoisotopic (exact) mass is 270 g/mol. The molecule has 2 saturated heterocycles. The molecule has 1 N–H and O–H groups in total. The Morgan fingerprint density at radius 2 is 2.17 bits per heavy atom. The Morgan fingerprint density at radius 3 is 2.83 bits per heavy atom. The molecular formula is C15H30N2S. The molecule has 2 fully saturated rings. The molecule has 2 nitrogen and oxygen atoms in total. The predicted octanol–water partition coefficient (Wildman–Crippen LogP) is 2.98. The van der Waals surface area contributed by atoms with Crippen molar-refractivity contribution in [3.8, 4) is 0 Å². The van der Waals surface area contributed by atoms with Crippen molar-refractivity contribution >= 4 is 11.8 Å². The van der Waals surface area contributed by atoms with Crippen LogP contribution in [0.15, 0.2) is 0 Å². The van der Waals surface area contributed by atoms with E-state index in [2.05, 4.69) is 35.8 Å². The van der Waals surface area contributed by atoms with Gasteiger partial charge in [-0.05, 0) is 63.4 Å². The Labute approximate surface area is 117 Å². The maximum absolute atomic E-state index is 3.56. The van der Waals surface area contributed by atoms with Gasteiger partial charge in [0.2, 0.25) is 0 Å². The number of nitrogens with zero attached hydrogens (tertiary/aromatic N) is 1. The van der Waals surface area contributed by atoms with Crippen molar-refractivity contribution < 1.29 is 0 Å². The molecule has 0 aromatic rings. The lowest BCUT2D eigenvalue weighted by Crippen LogP contribution is -2.47. The summed E-state index contributed by atoms with van der Waals surface area (Å²) in [5, 5.41) is 4.40. The van der Waals surface area contributed by atoms with Gasteiger partial charge in [0, 0.05) is 17.8 Å². The normalized spacial score (nSPS) is 33.8. The van der Waals surface area contributed by atoms with Gasteiger partial charge in [-0.3, -0.25) is 4.90 Å². The fraction of sp³-hybridized carbons (Fsp3) is 1.00. The summed E-state index contributed by atoms with van der Waals surface area (Å²) in [5.41, 5.74) is 0. The molecular weight excluding hydrogens is 240 g/mol. The van der Waals surface area contributed by atoms with Gasteiger partial charge < -0.3 is 5.32 Å². The van der Waals surface area contributed by atoms with Crippen molar-refractivity contribution in [3.05, 3.63) is 0 Å². The first-order valence-corrected chi connectivity index (χ1v) is 8.92. The van der Waals surface area contributed by atoms with Gasteiger partial charge in [0.1, 0.15) is 0 Å². The zero-order valence-electron chi connectivity index (χ0n) is 12.2. The molecule has 0 spiro atoms. The van der Waals surface area contributed by atoms with E-state index >= 15 is 0 Å². The van der Waals surface area contributed by atoms with E-state index < -0.39 is 0 Å². The summed E-state index contributed by atoms with van der Waals surface area (Å²) in [5.74, 6) is 2.27. The van der Waals surface area contributed by atoms with Crippen LogP contribution in [0.4, 0.5) is 0 Å². The van der Waals surface area contributed by atoms with Crippen LogP contribution in [0.2, 0.25) is 0 Å². The van der Waals surface area contributed by atoms with Crippen molar-refractivity contribution in [1.29, 1.82) is 0 Å². The van der Waals surface area contributed by atoms with Crippen LogP contribution in [-0.4, -0.2) is 48.1 Å². The van der Waals surface area contributed by atoms with Crippen LogP contribution in [-0.2, 0) is 0 Å². The van der Waals surface area contributed by atoms with Crippen LogP contribution < -0.4 is 5.32 Å². The maximum atomic E-state index is 3.56. The van der Waals surface area contributed by atoms with Crippen LogP contribution in [0.1, 0.15) is 46.0 Å². The topological polar surface area (TPSA) is 15.3 Å². The lowest BCUT2D eigenvalue weighted by atomic mass is 9.97. The van der Waals surface area contributed by atoms with Crippen molar-refractivity contribution in [2.24, 2.45) is 5.92 Å².